The summed E-state index contributed by atoms with van der Waals surface area (Å²) in [6, 6.07) is 0. The highest BCUT2D eigenvalue weighted by Gasteiger charge is 2.62. The smallest absolute Gasteiger partial charge is 0.308 e. The standard InChI is InChI=1S/C26H28O14/c1-10(27)19-21(36-13(4)30)17-8-26(40-22(17)20(11(2)28)24(19)38-15(6)32)25(39-16(7)33)23(37-14(5)31)18(9-34-26)35-12(3)29/h18,23,25H,8-9H2,1-7H3/t18-,23+,25+,26-/m1/s1. The lowest BCUT2D eigenvalue weighted by molar-refractivity contribution is -0.307. The van der Waals surface area contributed by atoms with E-state index >= 15 is 0 Å². The fraction of sp³-hybridized carbons (Fsp3) is 0.500. The van der Waals surface area contributed by atoms with Crippen molar-refractivity contribution in [2.75, 3.05) is 6.61 Å². The number of esters is 5. The molecule has 3 rings (SSSR count). The predicted octanol–water partition coefficient (Wildman–Crippen LogP) is 1.40. The number of carbonyl (C=O) groups excluding carboxylic acids is 7. The van der Waals surface area contributed by atoms with E-state index in [1.54, 1.807) is 0 Å². The van der Waals surface area contributed by atoms with Gasteiger partial charge in [0.15, 0.2) is 35.3 Å². The van der Waals surface area contributed by atoms with E-state index in [0.717, 1.165) is 48.5 Å². The summed E-state index contributed by atoms with van der Waals surface area (Å²) in [5.41, 5.74) is -0.755. The van der Waals surface area contributed by atoms with Gasteiger partial charge in [-0.25, -0.2) is 0 Å². The number of fused-ring (bicyclic) bond motifs is 1. The first-order valence-electron chi connectivity index (χ1n) is 12.0. The highest BCUT2D eigenvalue weighted by Crippen LogP contribution is 2.53. The molecule has 1 saturated heterocycles. The minimum atomic E-state index is -2.03. The number of benzene rings is 1. The average molecular weight is 564 g/mol. The van der Waals surface area contributed by atoms with Gasteiger partial charge in [-0.1, -0.05) is 0 Å². The molecule has 0 unspecified atom stereocenters. The van der Waals surface area contributed by atoms with Gasteiger partial charge in [0, 0.05) is 46.6 Å². The molecule has 0 saturated carbocycles. The maximum absolute atomic E-state index is 12.9. The molecule has 1 aromatic carbocycles. The number of hydrogen-bond donors (Lipinski definition) is 0. The van der Waals surface area contributed by atoms with Crippen molar-refractivity contribution >= 4 is 41.4 Å². The minimum Gasteiger partial charge on any atom is -0.456 e. The van der Waals surface area contributed by atoms with Gasteiger partial charge in [-0.05, 0) is 13.8 Å². The Kier molecular flexibility index (Phi) is 8.63. The summed E-state index contributed by atoms with van der Waals surface area (Å²) in [7, 11) is 0. The Morgan fingerprint density at radius 1 is 0.675 bits per heavy atom. The molecule has 2 heterocycles. The molecule has 0 bridgehead atoms. The molecule has 0 aromatic heterocycles. The summed E-state index contributed by atoms with van der Waals surface area (Å²) in [4.78, 5) is 85.7. The minimum absolute atomic E-state index is 0.0221. The Hall–Kier alpha value is -4.33. The van der Waals surface area contributed by atoms with Gasteiger partial charge >= 0.3 is 29.8 Å². The fourth-order valence-electron chi connectivity index (χ4n) is 4.67. The third-order valence-electron chi connectivity index (χ3n) is 5.85. The highest BCUT2D eigenvalue weighted by molar-refractivity contribution is 6.09. The Labute approximate surface area is 228 Å². The van der Waals surface area contributed by atoms with Crippen molar-refractivity contribution < 1.29 is 66.7 Å². The fourth-order valence-corrected chi connectivity index (χ4v) is 4.67. The number of ketones is 2. The molecule has 0 radical (unpaired) electrons. The first-order valence-corrected chi connectivity index (χ1v) is 12.0. The third kappa shape index (κ3) is 5.96. The first-order chi connectivity index (χ1) is 18.6. The van der Waals surface area contributed by atoms with Crippen LogP contribution in [0.2, 0.25) is 0 Å². The van der Waals surface area contributed by atoms with Crippen LogP contribution in [0.4, 0.5) is 0 Å². The largest absolute Gasteiger partial charge is 0.456 e. The molecule has 2 aliphatic heterocycles. The molecule has 14 nitrogen and oxygen atoms in total. The van der Waals surface area contributed by atoms with Gasteiger partial charge in [-0.2, -0.15) is 0 Å². The van der Waals surface area contributed by atoms with Crippen molar-refractivity contribution in [3.8, 4) is 17.2 Å². The van der Waals surface area contributed by atoms with E-state index in [4.69, 9.17) is 33.2 Å². The van der Waals surface area contributed by atoms with Crippen LogP contribution < -0.4 is 14.2 Å². The van der Waals surface area contributed by atoms with Crippen LogP contribution in [0.5, 0.6) is 17.2 Å². The van der Waals surface area contributed by atoms with E-state index in [0.29, 0.717) is 0 Å². The summed E-state index contributed by atoms with van der Waals surface area (Å²) < 4.78 is 38.8. The zero-order valence-electron chi connectivity index (χ0n) is 22.9. The van der Waals surface area contributed by atoms with E-state index in [1.807, 2.05) is 0 Å². The lowest BCUT2D eigenvalue weighted by atomic mass is 9.90. The van der Waals surface area contributed by atoms with Crippen molar-refractivity contribution in [3.05, 3.63) is 16.7 Å². The Morgan fingerprint density at radius 3 is 1.68 bits per heavy atom. The Balaban J connectivity index is 2.33. The molecule has 14 heteroatoms. The van der Waals surface area contributed by atoms with Gasteiger partial charge in [0.05, 0.1) is 6.61 Å². The number of hydrogen-bond acceptors (Lipinski definition) is 14. The van der Waals surface area contributed by atoms with E-state index in [1.165, 1.54) is 0 Å². The predicted molar refractivity (Wildman–Crippen MR) is 129 cm³/mol. The molecule has 1 fully saturated rings. The monoisotopic (exact) mass is 564 g/mol. The van der Waals surface area contributed by atoms with E-state index < -0.39 is 84.3 Å². The van der Waals surface area contributed by atoms with Crippen LogP contribution in [0, 0.1) is 0 Å². The van der Waals surface area contributed by atoms with Crippen molar-refractivity contribution in [2.45, 2.75) is 79.0 Å². The van der Waals surface area contributed by atoms with Crippen LogP contribution >= 0.6 is 0 Å². The third-order valence-corrected chi connectivity index (χ3v) is 5.85. The van der Waals surface area contributed by atoms with E-state index in [-0.39, 0.29) is 28.2 Å². The van der Waals surface area contributed by atoms with Crippen LogP contribution in [0.1, 0.15) is 74.7 Å². The Bertz CT molecular complexity index is 1310. The van der Waals surface area contributed by atoms with Crippen molar-refractivity contribution in [1.29, 1.82) is 0 Å². The molecular formula is C26H28O14. The van der Waals surface area contributed by atoms with Crippen LogP contribution in [-0.2, 0) is 49.3 Å². The van der Waals surface area contributed by atoms with Gasteiger partial charge in [0.25, 0.3) is 5.79 Å². The topological polar surface area (TPSA) is 184 Å². The summed E-state index contributed by atoms with van der Waals surface area (Å²) in [5.74, 6) is -8.77. The van der Waals surface area contributed by atoms with E-state index in [2.05, 4.69) is 0 Å². The van der Waals surface area contributed by atoms with Crippen LogP contribution in [0.25, 0.3) is 0 Å². The lowest BCUT2D eigenvalue weighted by Gasteiger charge is -2.45. The SMILES string of the molecule is CC(=O)Oc1c2c(c(C(C)=O)c(OC(C)=O)c1C(C)=O)O[C@@]1(C2)OC[C@@H](OC(C)=O)[C@H](OC(C)=O)[C@@H]1OC(C)=O. The quantitative estimate of drug-likeness (QED) is 0.200. The summed E-state index contributed by atoms with van der Waals surface area (Å²) in [6.07, 6.45) is -4.67. The van der Waals surface area contributed by atoms with Crippen LogP contribution in [0.3, 0.4) is 0 Å². The maximum atomic E-state index is 12.9. The molecule has 216 valence electrons. The van der Waals surface area contributed by atoms with Crippen LogP contribution in [0.15, 0.2) is 0 Å². The van der Waals surface area contributed by atoms with Crippen molar-refractivity contribution in [3.63, 3.8) is 0 Å². The van der Waals surface area contributed by atoms with Gasteiger partial charge < -0.3 is 33.2 Å². The molecule has 0 amide bonds. The lowest BCUT2D eigenvalue weighted by Crippen LogP contribution is -2.66. The molecule has 2 aliphatic rings. The van der Waals surface area contributed by atoms with Gasteiger partial charge in [-0.3, -0.25) is 33.6 Å². The number of rotatable bonds is 7. The number of Topliss-reactive ketones (excluding diaryl/α,β-unsaturated/α-hetero) is 2. The number of carbonyl (C=O) groups is 7. The normalized spacial score (nSPS) is 22.8. The van der Waals surface area contributed by atoms with Gasteiger partial charge in [-0.15, -0.1) is 0 Å². The summed E-state index contributed by atoms with van der Waals surface area (Å²) in [5, 5.41) is 0. The second-order valence-corrected chi connectivity index (χ2v) is 9.17. The van der Waals surface area contributed by atoms with Crippen LogP contribution in [-0.4, -0.2) is 72.1 Å². The molecule has 1 spiro atoms. The van der Waals surface area contributed by atoms with Gasteiger partial charge in [0.1, 0.15) is 16.9 Å². The molecule has 4 atom stereocenters. The van der Waals surface area contributed by atoms with Gasteiger partial charge in [0.2, 0.25) is 6.10 Å². The zero-order chi connectivity index (χ0) is 30.1. The second-order valence-electron chi connectivity index (χ2n) is 9.17. The first kappa shape index (κ1) is 30.2. The summed E-state index contributed by atoms with van der Waals surface area (Å²) >= 11 is 0. The molecule has 40 heavy (non-hydrogen) atoms. The van der Waals surface area contributed by atoms with Crippen molar-refractivity contribution in [1.82, 2.24) is 0 Å². The average Bonchev–Trinajstić information content (AvgIpc) is 3.16. The molecule has 0 aliphatic carbocycles. The van der Waals surface area contributed by atoms with Crippen molar-refractivity contribution in [2.24, 2.45) is 0 Å². The maximum Gasteiger partial charge on any atom is 0.308 e. The molecule has 0 N–H and O–H groups in total. The highest BCUT2D eigenvalue weighted by atomic mass is 16.7. The van der Waals surface area contributed by atoms with E-state index in [9.17, 15) is 33.6 Å². The zero-order valence-corrected chi connectivity index (χ0v) is 22.9. The number of ether oxygens (including phenoxy) is 7. The second kappa shape index (κ2) is 11.4. The molecule has 1 aromatic rings. The Morgan fingerprint density at radius 2 is 1.20 bits per heavy atom. The summed E-state index contributed by atoms with van der Waals surface area (Å²) in [6.45, 7) is 7.17. The molecular weight excluding hydrogens is 536 g/mol.